The van der Waals surface area contributed by atoms with Crippen molar-refractivity contribution in [2.24, 2.45) is 0 Å². The van der Waals surface area contributed by atoms with Crippen molar-refractivity contribution in [2.45, 2.75) is 18.7 Å². The molecule has 4 heteroatoms. The molecule has 0 spiro atoms. The van der Waals surface area contributed by atoms with Crippen LogP contribution in [0.4, 0.5) is 0 Å². The van der Waals surface area contributed by atoms with Crippen molar-refractivity contribution in [3.05, 3.63) is 27.7 Å². The van der Waals surface area contributed by atoms with E-state index in [2.05, 4.69) is 15.9 Å². The normalized spacial score (nSPS) is 10.7. The van der Waals surface area contributed by atoms with Crippen LogP contribution in [0.5, 0.6) is 0 Å². The van der Waals surface area contributed by atoms with Gasteiger partial charge in [-0.2, -0.15) is 0 Å². The average molecular weight is 249 g/mol. The third-order valence-corrected chi connectivity index (χ3v) is 3.56. The molecule has 0 heterocycles. The summed E-state index contributed by atoms with van der Waals surface area (Å²) < 4.78 is 22.3. The van der Waals surface area contributed by atoms with Crippen LogP contribution < -0.4 is 0 Å². The molecule has 0 aliphatic carbocycles. The Morgan fingerprint density at radius 1 is 1.17 bits per heavy atom. The van der Waals surface area contributed by atoms with Gasteiger partial charge in [-0.05, 0) is 37.1 Å². The monoisotopic (exact) mass is 248 g/mol. The van der Waals surface area contributed by atoms with Crippen LogP contribution >= 0.6 is 15.9 Å². The molecule has 0 saturated carbocycles. The molecule has 0 saturated heterocycles. The van der Waals surface area contributed by atoms with Gasteiger partial charge in [-0.15, -0.1) is 0 Å². The minimum absolute atomic E-state index is 0.378. The SMILES string of the molecule is Cc1cc([SH](=O)=O)cc(C)c1Br. The molecule has 0 aromatic heterocycles. The van der Waals surface area contributed by atoms with Gasteiger partial charge in [0.2, 0.25) is 0 Å². The summed E-state index contributed by atoms with van der Waals surface area (Å²) in [7, 11) is -2.46. The summed E-state index contributed by atoms with van der Waals surface area (Å²) in [5, 5.41) is 0. The van der Waals surface area contributed by atoms with Crippen LogP contribution in [0.1, 0.15) is 11.1 Å². The number of rotatable bonds is 1. The predicted molar refractivity (Wildman–Crippen MR) is 52.2 cm³/mol. The highest BCUT2D eigenvalue weighted by molar-refractivity contribution is 9.10. The second-order valence-corrected chi connectivity index (χ2v) is 4.47. The molecule has 0 atom stereocenters. The van der Waals surface area contributed by atoms with Crippen LogP contribution in [-0.2, 0) is 10.7 Å². The summed E-state index contributed by atoms with van der Waals surface area (Å²) in [6.45, 7) is 3.75. The molecule has 0 amide bonds. The van der Waals surface area contributed by atoms with Crippen LogP contribution in [0.3, 0.4) is 0 Å². The van der Waals surface area contributed by atoms with E-state index in [4.69, 9.17) is 0 Å². The van der Waals surface area contributed by atoms with E-state index in [0.29, 0.717) is 4.90 Å². The summed E-state index contributed by atoms with van der Waals surface area (Å²) in [4.78, 5) is 0.378. The third-order valence-electron chi connectivity index (χ3n) is 1.63. The van der Waals surface area contributed by atoms with Crippen LogP contribution in [0.15, 0.2) is 21.5 Å². The van der Waals surface area contributed by atoms with Crippen LogP contribution in [0.25, 0.3) is 0 Å². The summed E-state index contributed by atoms with van der Waals surface area (Å²) in [5.41, 5.74) is 1.90. The molecule has 2 nitrogen and oxygen atoms in total. The topological polar surface area (TPSA) is 34.1 Å². The lowest BCUT2D eigenvalue weighted by molar-refractivity contribution is 0.614. The molecule has 0 bridgehead atoms. The summed E-state index contributed by atoms with van der Waals surface area (Å²) in [6, 6.07) is 3.31. The summed E-state index contributed by atoms with van der Waals surface area (Å²) in [5.74, 6) is 0. The maximum absolute atomic E-state index is 10.6. The Labute approximate surface area is 81.7 Å². The van der Waals surface area contributed by atoms with E-state index < -0.39 is 10.7 Å². The van der Waals surface area contributed by atoms with Gasteiger partial charge in [0.05, 0.1) is 4.90 Å². The Morgan fingerprint density at radius 2 is 1.58 bits per heavy atom. The highest BCUT2D eigenvalue weighted by Crippen LogP contribution is 2.22. The molecule has 12 heavy (non-hydrogen) atoms. The lowest BCUT2D eigenvalue weighted by Crippen LogP contribution is -1.87. The first kappa shape index (κ1) is 9.74. The van der Waals surface area contributed by atoms with Crippen LogP contribution in [-0.4, -0.2) is 8.42 Å². The third kappa shape index (κ3) is 1.87. The van der Waals surface area contributed by atoms with E-state index in [0.717, 1.165) is 15.6 Å². The van der Waals surface area contributed by atoms with Gasteiger partial charge in [0.1, 0.15) is 0 Å². The first-order chi connectivity index (χ1) is 5.52. The Balaban J connectivity index is 3.40. The molecule has 1 rings (SSSR count). The maximum Gasteiger partial charge on any atom is 0.168 e. The highest BCUT2D eigenvalue weighted by Gasteiger charge is 2.02. The molecule has 0 radical (unpaired) electrons. The lowest BCUT2D eigenvalue weighted by Gasteiger charge is -2.02. The Hall–Kier alpha value is -0.350. The van der Waals surface area contributed by atoms with Gasteiger partial charge in [0.15, 0.2) is 10.7 Å². The Morgan fingerprint density at radius 3 is 1.92 bits per heavy atom. The quantitative estimate of drug-likeness (QED) is 0.773. The number of hydrogen-bond donors (Lipinski definition) is 1. The molecule has 0 aliphatic rings. The number of thiol groups is 1. The molecular formula is C8H9BrO2S. The fourth-order valence-electron chi connectivity index (χ4n) is 1.03. The van der Waals surface area contributed by atoms with Gasteiger partial charge in [0.25, 0.3) is 0 Å². The van der Waals surface area contributed by atoms with Crippen molar-refractivity contribution < 1.29 is 8.42 Å². The maximum atomic E-state index is 10.6. The zero-order valence-corrected chi connectivity index (χ0v) is 9.28. The first-order valence-electron chi connectivity index (χ1n) is 3.43. The average Bonchev–Trinajstić information content (AvgIpc) is 1.99. The van der Waals surface area contributed by atoms with Gasteiger partial charge >= 0.3 is 0 Å². The number of halogens is 1. The Bertz CT molecular complexity index is 352. The number of aryl methyl sites for hydroxylation is 2. The summed E-state index contributed by atoms with van der Waals surface area (Å²) in [6.07, 6.45) is 0. The zero-order valence-electron chi connectivity index (χ0n) is 6.80. The number of hydrogen-bond acceptors (Lipinski definition) is 2. The second-order valence-electron chi connectivity index (χ2n) is 2.65. The van der Waals surface area contributed by atoms with Crippen molar-refractivity contribution >= 4 is 26.6 Å². The zero-order chi connectivity index (χ0) is 9.30. The Kier molecular flexibility index (Phi) is 2.90. The van der Waals surface area contributed by atoms with Crippen LogP contribution in [0.2, 0.25) is 0 Å². The van der Waals surface area contributed by atoms with E-state index in [1.54, 1.807) is 12.1 Å². The molecule has 0 aliphatic heterocycles. The predicted octanol–water partition coefficient (Wildman–Crippen LogP) is 2.04. The van der Waals surface area contributed by atoms with E-state index in [1.165, 1.54) is 0 Å². The van der Waals surface area contributed by atoms with E-state index in [-0.39, 0.29) is 0 Å². The molecule has 0 fully saturated rings. The molecule has 66 valence electrons. The van der Waals surface area contributed by atoms with Crippen molar-refractivity contribution in [1.29, 1.82) is 0 Å². The van der Waals surface area contributed by atoms with Gasteiger partial charge in [-0.1, -0.05) is 15.9 Å². The molecule has 1 aromatic carbocycles. The smallest absolute Gasteiger partial charge is 0.168 e. The molecule has 0 N–H and O–H groups in total. The van der Waals surface area contributed by atoms with E-state index in [1.807, 2.05) is 13.8 Å². The van der Waals surface area contributed by atoms with Crippen LogP contribution in [0, 0.1) is 13.8 Å². The highest BCUT2D eigenvalue weighted by atomic mass is 79.9. The molecule has 0 unspecified atom stereocenters. The van der Waals surface area contributed by atoms with Crippen molar-refractivity contribution in [1.82, 2.24) is 0 Å². The van der Waals surface area contributed by atoms with Gasteiger partial charge < -0.3 is 0 Å². The minimum atomic E-state index is -2.46. The van der Waals surface area contributed by atoms with Crippen molar-refractivity contribution in [3.63, 3.8) is 0 Å². The van der Waals surface area contributed by atoms with Gasteiger partial charge in [-0.3, -0.25) is 0 Å². The van der Waals surface area contributed by atoms with E-state index in [9.17, 15) is 8.42 Å². The van der Waals surface area contributed by atoms with Crippen molar-refractivity contribution in [2.75, 3.05) is 0 Å². The lowest BCUT2D eigenvalue weighted by atomic mass is 10.2. The minimum Gasteiger partial charge on any atom is -0.227 e. The van der Waals surface area contributed by atoms with Crippen molar-refractivity contribution in [3.8, 4) is 0 Å². The van der Waals surface area contributed by atoms with Gasteiger partial charge in [-0.25, -0.2) is 8.42 Å². The van der Waals surface area contributed by atoms with E-state index >= 15 is 0 Å². The number of benzene rings is 1. The standard InChI is InChI=1S/C8H9BrO2S/c1-5-3-7(12(10)11)4-6(2)8(5)9/h3-4,12H,1-2H3. The summed E-state index contributed by atoms with van der Waals surface area (Å²) >= 11 is 3.37. The first-order valence-corrected chi connectivity index (χ1v) is 5.40. The molecular weight excluding hydrogens is 240 g/mol. The fraction of sp³-hybridized carbons (Fsp3) is 0.250. The second kappa shape index (κ2) is 3.58. The molecule has 1 aromatic rings. The van der Waals surface area contributed by atoms with Gasteiger partial charge in [0, 0.05) is 4.47 Å². The fourth-order valence-corrected chi connectivity index (χ4v) is 1.86. The largest absolute Gasteiger partial charge is 0.227 e.